The zero-order chi connectivity index (χ0) is 43.5. The molecule has 6 rings (SSSR count). The van der Waals surface area contributed by atoms with Crippen molar-refractivity contribution in [3.05, 3.63) is 63.2 Å². The number of carbonyl (C=O) groups is 4. The Balaban J connectivity index is 0.892. The number of ether oxygens (including phenoxy) is 3. The monoisotopic (exact) mass is 827 g/mol. The average molecular weight is 827 g/mol. The molecule has 0 heterocycles. The smallest absolute Gasteiger partial charge is 0.335 e. The van der Waals surface area contributed by atoms with E-state index < -0.39 is 16.8 Å². The van der Waals surface area contributed by atoms with Gasteiger partial charge in [0.05, 0.1) is 29.6 Å². The molecule has 1 N–H and O–H groups in total. The van der Waals surface area contributed by atoms with E-state index in [-0.39, 0.29) is 46.4 Å². The van der Waals surface area contributed by atoms with Gasteiger partial charge in [-0.3, -0.25) is 14.4 Å². The number of fused-ring (bicyclic) bond motifs is 6. The molecule has 6 atom stereocenters. The summed E-state index contributed by atoms with van der Waals surface area (Å²) in [6.45, 7) is 18.5. The van der Waals surface area contributed by atoms with Gasteiger partial charge in [0.25, 0.3) is 6.47 Å². The molecule has 8 nitrogen and oxygen atoms in total. The molecular weight excluding hydrogens is 753 g/mol. The van der Waals surface area contributed by atoms with E-state index in [2.05, 4.69) is 73.6 Å². The van der Waals surface area contributed by atoms with E-state index in [1.165, 1.54) is 16.7 Å². The third kappa shape index (κ3) is 8.82. The van der Waals surface area contributed by atoms with E-state index >= 15 is 0 Å². The van der Waals surface area contributed by atoms with Gasteiger partial charge in [-0.25, -0.2) is 4.79 Å². The Labute approximate surface area is 360 Å². The molecule has 60 heavy (non-hydrogen) atoms. The van der Waals surface area contributed by atoms with E-state index in [0.29, 0.717) is 31.0 Å². The summed E-state index contributed by atoms with van der Waals surface area (Å²) >= 11 is 0. The van der Waals surface area contributed by atoms with Crippen molar-refractivity contribution >= 4 is 24.4 Å². The van der Waals surface area contributed by atoms with Crippen LogP contribution in [-0.4, -0.2) is 42.7 Å². The van der Waals surface area contributed by atoms with Crippen molar-refractivity contribution in [2.75, 3.05) is 13.2 Å². The van der Waals surface area contributed by atoms with Crippen LogP contribution in [0.4, 0.5) is 0 Å². The summed E-state index contributed by atoms with van der Waals surface area (Å²) in [6, 6.07) is 8.38. The third-order valence-electron chi connectivity index (χ3n) is 16.1. The predicted molar refractivity (Wildman–Crippen MR) is 236 cm³/mol. The van der Waals surface area contributed by atoms with Crippen molar-refractivity contribution in [1.82, 2.24) is 0 Å². The molecule has 0 aliphatic heterocycles. The molecule has 0 amide bonds. The van der Waals surface area contributed by atoms with Gasteiger partial charge in [-0.15, -0.1) is 0 Å². The lowest BCUT2D eigenvalue weighted by atomic mass is 9.49. The summed E-state index contributed by atoms with van der Waals surface area (Å²) in [5.74, 6) is 0.288. The number of benzene rings is 2. The first-order chi connectivity index (χ1) is 28.5. The average Bonchev–Trinajstić information content (AvgIpc) is 3.20. The van der Waals surface area contributed by atoms with Crippen LogP contribution < -0.4 is 4.74 Å². The molecule has 0 bridgehead atoms. The molecule has 0 saturated heterocycles. The Morgan fingerprint density at radius 3 is 1.52 bits per heavy atom. The molecule has 330 valence electrons. The largest absolute Gasteiger partial charge is 0.478 e. The molecule has 2 aromatic carbocycles. The predicted octanol–water partition coefficient (Wildman–Crippen LogP) is 12.1. The number of carboxylic acid groups (broad SMARTS) is 1. The van der Waals surface area contributed by atoms with Gasteiger partial charge in [0, 0.05) is 0 Å². The highest BCUT2D eigenvalue weighted by Crippen LogP contribution is 2.60. The second-order valence-corrected chi connectivity index (χ2v) is 20.6. The van der Waals surface area contributed by atoms with E-state index in [9.17, 15) is 24.3 Å². The zero-order valence-electron chi connectivity index (χ0n) is 38.1. The van der Waals surface area contributed by atoms with Crippen molar-refractivity contribution in [3.8, 4) is 5.75 Å². The van der Waals surface area contributed by atoms with Gasteiger partial charge in [0.2, 0.25) is 0 Å². The molecule has 0 spiro atoms. The quantitative estimate of drug-likeness (QED) is 0.0897. The number of carbonyl (C=O) groups excluding carboxylic acids is 3. The van der Waals surface area contributed by atoms with Gasteiger partial charge >= 0.3 is 17.9 Å². The van der Waals surface area contributed by atoms with Crippen LogP contribution in [0, 0.1) is 22.7 Å². The van der Waals surface area contributed by atoms with Crippen LogP contribution in [0.5, 0.6) is 5.75 Å². The maximum atomic E-state index is 13.8. The van der Waals surface area contributed by atoms with E-state index in [1.54, 1.807) is 0 Å². The number of unbranched alkanes of at least 4 members (excludes halogenated alkanes) is 7. The molecular formula is C52H74O8. The standard InChI is InChI=1S/C52H74O8/c1-34(2)38-29-36-19-21-44-49(5,41(36)31-40(38)46(54)55)23-17-25-51(44,7)47(56)58-27-15-13-11-9-10-12-14-16-28-59-48(57)52(8)26-18-24-50(6)42-32-43(60-33-53)39(35(3)4)30-37(42)20-22-45(50)52/h29-35,44-45H,9-28H2,1-8H3,(H,54,55). The Bertz CT molecular complexity index is 1900. The number of carboxylic acids is 1. The lowest BCUT2D eigenvalue weighted by Gasteiger charge is -2.54. The lowest BCUT2D eigenvalue weighted by molar-refractivity contribution is -0.165. The van der Waals surface area contributed by atoms with Crippen LogP contribution in [0.25, 0.3) is 0 Å². The summed E-state index contributed by atoms with van der Waals surface area (Å²) in [6.07, 6.45) is 17.4. The molecule has 0 radical (unpaired) electrons. The van der Waals surface area contributed by atoms with Crippen LogP contribution in [0.1, 0.15) is 214 Å². The Kier molecular flexibility index (Phi) is 14.3. The SMILES string of the molecule is CC(C)c1cc2c(cc1OC=O)C1(C)CCCC(C)(C(=O)OCCCCCCCCCCOC(=O)C3(C)CCCC4(C)c5cc(C(=O)O)c(C(C)C)cc5CCC34)C1CC2. The fourth-order valence-corrected chi connectivity index (χ4v) is 12.7. The topological polar surface area (TPSA) is 116 Å². The minimum atomic E-state index is -0.878. The van der Waals surface area contributed by atoms with Crippen LogP contribution in [0.3, 0.4) is 0 Å². The number of hydrogen-bond donors (Lipinski definition) is 1. The van der Waals surface area contributed by atoms with Crippen molar-refractivity contribution in [1.29, 1.82) is 0 Å². The number of aryl methyl sites for hydroxylation is 2. The number of aromatic carboxylic acids is 1. The molecule has 2 fully saturated rings. The normalized spacial score (nSPS) is 28.2. The lowest BCUT2D eigenvalue weighted by Crippen LogP contribution is -2.53. The summed E-state index contributed by atoms with van der Waals surface area (Å²) in [5.41, 5.74) is 5.73. The zero-order valence-corrected chi connectivity index (χ0v) is 38.1. The van der Waals surface area contributed by atoms with Crippen molar-refractivity contribution in [3.63, 3.8) is 0 Å². The summed E-state index contributed by atoms with van der Waals surface area (Å²) in [5, 5.41) is 10.1. The van der Waals surface area contributed by atoms with Gasteiger partial charge < -0.3 is 19.3 Å². The summed E-state index contributed by atoms with van der Waals surface area (Å²) < 4.78 is 17.5. The maximum Gasteiger partial charge on any atom is 0.335 e. The van der Waals surface area contributed by atoms with Crippen LogP contribution in [0.15, 0.2) is 24.3 Å². The van der Waals surface area contributed by atoms with Crippen LogP contribution in [-0.2, 0) is 47.5 Å². The first-order valence-electron chi connectivity index (χ1n) is 23.5. The van der Waals surface area contributed by atoms with E-state index in [0.717, 1.165) is 132 Å². The minimum absolute atomic E-state index is 0.0594. The van der Waals surface area contributed by atoms with E-state index in [4.69, 9.17) is 14.2 Å². The Morgan fingerprint density at radius 1 is 0.650 bits per heavy atom. The second kappa shape index (κ2) is 18.7. The molecule has 4 aliphatic rings. The number of rotatable bonds is 18. The Morgan fingerprint density at radius 2 is 1.08 bits per heavy atom. The summed E-state index contributed by atoms with van der Waals surface area (Å²) in [7, 11) is 0. The van der Waals surface area contributed by atoms with Gasteiger partial charge in [0.15, 0.2) is 0 Å². The van der Waals surface area contributed by atoms with Crippen molar-refractivity contribution in [2.45, 2.75) is 194 Å². The van der Waals surface area contributed by atoms with Crippen LogP contribution >= 0.6 is 0 Å². The van der Waals surface area contributed by atoms with E-state index in [1.807, 2.05) is 6.07 Å². The maximum absolute atomic E-state index is 13.8. The molecule has 2 aromatic rings. The van der Waals surface area contributed by atoms with Crippen LogP contribution in [0.2, 0.25) is 0 Å². The van der Waals surface area contributed by atoms with Gasteiger partial charge in [-0.1, -0.05) is 105 Å². The molecule has 8 heteroatoms. The molecule has 4 aliphatic carbocycles. The highest BCUT2D eigenvalue weighted by Gasteiger charge is 2.57. The molecule has 2 saturated carbocycles. The highest BCUT2D eigenvalue weighted by atomic mass is 16.5. The molecule has 6 unspecified atom stereocenters. The highest BCUT2D eigenvalue weighted by molar-refractivity contribution is 5.90. The first-order valence-corrected chi connectivity index (χ1v) is 23.5. The fourth-order valence-electron chi connectivity index (χ4n) is 12.7. The second-order valence-electron chi connectivity index (χ2n) is 20.6. The number of hydrogen-bond acceptors (Lipinski definition) is 7. The third-order valence-corrected chi connectivity index (χ3v) is 16.1. The van der Waals surface area contributed by atoms with Crippen molar-refractivity contribution in [2.24, 2.45) is 22.7 Å². The fraction of sp³-hybridized carbons (Fsp3) is 0.692. The Hall–Kier alpha value is -3.68. The van der Waals surface area contributed by atoms with Gasteiger partial charge in [-0.2, -0.15) is 0 Å². The first kappa shape index (κ1) is 45.8. The van der Waals surface area contributed by atoms with Gasteiger partial charge in [-0.05, 0) is 158 Å². The summed E-state index contributed by atoms with van der Waals surface area (Å²) in [4.78, 5) is 51.2. The van der Waals surface area contributed by atoms with Gasteiger partial charge in [0.1, 0.15) is 5.75 Å². The molecule has 0 aromatic heterocycles. The van der Waals surface area contributed by atoms with Crippen molar-refractivity contribution < 1.29 is 38.5 Å². The number of esters is 2. The minimum Gasteiger partial charge on any atom is -0.478 e.